The Morgan fingerprint density at radius 1 is 1.90 bits per heavy atom. The smallest absolute Gasteiger partial charge is 0.124 e. The number of hydrogen-bond acceptors (Lipinski definition) is 3. The summed E-state index contributed by atoms with van der Waals surface area (Å²) in [4.78, 5) is 0. The van der Waals surface area contributed by atoms with E-state index in [1.54, 1.807) is 11.4 Å². The van der Waals surface area contributed by atoms with E-state index in [-0.39, 0.29) is 6.10 Å². The molecule has 0 N–H and O–H groups in total. The van der Waals surface area contributed by atoms with Crippen LogP contribution in [-0.2, 0) is 16.3 Å². The van der Waals surface area contributed by atoms with Gasteiger partial charge in [0.15, 0.2) is 0 Å². The quantitative estimate of drug-likeness (QED) is 0.429. The van der Waals surface area contributed by atoms with Gasteiger partial charge in [-0.2, -0.15) is 0 Å². The van der Waals surface area contributed by atoms with Crippen LogP contribution < -0.4 is 0 Å². The molecule has 0 aromatic heterocycles. The van der Waals surface area contributed by atoms with Crippen LogP contribution >= 0.6 is 16.8 Å². The summed E-state index contributed by atoms with van der Waals surface area (Å²) in [7, 11) is 0. The molecule has 56 valence electrons. The zero-order valence-electron chi connectivity index (χ0n) is 5.74. The van der Waals surface area contributed by atoms with Crippen LogP contribution in [0.5, 0.6) is 0 Å². The molecule has 1 rings (SSSR count). The van der Waals surface area contributed by atoms with Gasteiger partial charge in [-0.15, -0.1) is 6.42 Å². The van der Waals surface area contributed by atoms with E-state index in [1.165, 1.54) is 0 Å². The van der Waals surface area contributed by atoms with Gasteiger partial charge >= 0.3 is 0 Å². The fourth-order valence-corrected chi connectivity index (χ4v) is 4.88. The Labute approximate surface area is 70.7 Å². The van der Waals surface area contributed by atoms with Gasteiger partial charge < -0.3 is 4.52 Å². The Bertz CT molecular complexity index is 208. The highest BCUT2D eigenvalue weighted by atomic mass is 32.9. The minimum Gasteiger partial charge on any atom is -0.326 e. The zero-order valence-corrected chi connectivity index (χ0v) is 8.27. The van der Waals surface area contributed by atoms with Gasteiger partial charge in [0.2, 0.25) is 0 Å². The lowest BCUT2D eigenvalue weighted by atomic mass is 10.3. The topological polar surface area (TPSA) is 9.23 Å². The van der Waals surface area contributed by atoms with Crippen LogP contribution in [0.25, 0.3) is 0 Å². The van der Waals surface area contributed by atoms with Gasteiger partial charge in [0.25, 0.3) is 0 Å². The van der Waals surface area contributed by atoms with Crippen molar-refractivity contribution in [2.45, 2.75) is 12.5 Å². The summed E-state index contributed by atoms with van der Waals surface area (Å²) in [5.41, 5.74) is -1.55. The van der Waals surface area contributed by atoms with Crippen LogP contribution in [0.2, 0.25) is 0 Å². The van der Waals surface area contributed by atoms with Crippen molar-refractivity contribution >= 4 is 28.7 Å². The highest BCUT2D eigenvalue weighted by Crippen LogP contribution is 2.60. The molecule has 0 spiro atoms. The maximum absolute atomic E-state index is 5.48. The summed E-state index contributed by atoms with van der Waals surface area (Å²) < 4.78 is 5.48. The molecule has 4 heteroatoms. The van der Waals surface area contributed by atoms with Gasteiger partial charge in [0.1, 0.15) is 11.6 Å². The third kappa shape index (κ3) is 2.29. The molecular weight excluding hydrogens is 183 g/mol. The second kappa shape index (κ2) is 3.28. The van der Waals surface area contributed by atoms with Gasteiger partial charge in [-0.3, -0.25) is 0 Å². The summed E-state index contributed by atoms with van der Waals surface area (Å²) in [5, 5.41) is 0. The van der Waals surface area contributed by atoms with E-state index < -0.39 is 5.47 Å². The summed E-state index contributed by atoms with van der Waals surface area (Å²) in [5.74, 6) is 3.64. The molecule has 0 aromatic rings. The molecule has 0 aliphatic carbocycles. The van der Waals surface area contributed by atoms with Gasteiger partial charge in [0.05, 0.1) is 0 Å². The van der Waals surface area contributed by atoms with E-state index >= 15 is 0 Å². The third-order valence-electron chi connectivity index (χ3n) is 1.21. The van der Waals surface area contributed by atoms with Crippen molar-refractivity contribution in [3.05, 3.63) is 0 Å². The molecule has 0 aromatic carbocycles. The Hall–Kier alpha value is 0.520. The minimum atomic E-state index is -1.55. The molecule has 0 amide bonds. The van der Waals surface area contributed by atoms with Gasteiger partial charge in [-0.05, 0) is 13.1 Å². The molecule has 0 bridgehead atoms. The van der Waals surface area contributed by atoms with Gasteiger partial charge in [-0.1, -0.05) is 29.1 Å². The molecule has 1 saturated heterocycles. The predicted molar refractivity (Wildman–Crippen MR) is 51.0 cm³/mol. The van der Waals surface area contributed by atoms with Crippen molar-refractivity contribution in [2.24, 2.45) is 0 Å². The van der Waals surface area contributed by atoms with E-state index in [1.807, 2.05) is 6.66 Å². The second-order valence-corrected chi connectivity index (χ2v) is 10.2. The summed E-state index contributed by atoms with van der Waals surface area (Å²) >= 11 is 6.94. The molecule has 1 fully saturated rings. The summed E-state index contributed by atoms with van der Waals surface area (Å²) in [6, 6.07) is 0. The Morgan fingerprint density at radius 2 is 2.60 bits per heavy atom. The van der Waals surface area contributed by atoms with Crippen LogP contribution in [0.4, 0.5) is 0 Å². The standard InChI is InChI=1S/C6H9OPS2/c1-3-6-4-5-10-8(2,9)7-6/h1,6H,4-5H2,2H3. The Morgan fingerprint density at radius 3 is 3.00 bits per heavy atom. The normalized spacial score (nSPS) is 40.6. The molecule has 0 radical (unpaired) electrons. The van der Waals surface area contributed by atoms with Crippen LogP contribution in [0.3, 0.4) is 0 Å². The van der Waals surface area contributed by atoms with Crippen molar-refractivity contribution in [1.29, 1.82) is 0 Å². The maximum atomic E-state index is 5.48. The fourth-order valence-electron chi connectivity index (χ4n) is 0.754. The van der Waals surface area contributed by atoms with E-state index in [9.17, 15) is 0 Å². The number of terminal acetylenes is 1. The van der Waals surface area contributed by atoms with Crippen LogP contribution in [-0.4, -0.2) is 18.5 Å². The van der Waals surface area contributed by atoms with E-state index in [0.717, 1.165) is 12.2 Å². The summed E-state index contributed by atoms with van der Waals surface area (Å²) in [6.45, 7) is 1.98. The first-order chi connectivity index (χ1) is 4.64. The van der Waals surface area contributed by atoms with Crippen LogP contribution in [0.1, 0.15) is 6.42 Å². The molecule has 1 aliphatic rings. The van der Waals surface area contributed by atoms with Crippen LogP contribution in [0.15, 0.2) is 0 Å². The first-order valence-electron chi connectivity index (χ1n) is 3.00. The van der Waals surface area contributed by atoms with Crippen molar-refractivity contribution in [3.8, 4) is 12.3 Å². The molecule has 2 atom stereocenters. The largest absolute Gasteiger partial charge is 0.326 e. The lowest BCUT2D eigenvalue weighted by Crippen LogP contribution is -2.12. The predicted octanol–water partition coefficient (Wildman–Crippen LogP) is 2.08. The van der Waals surface area contributed by atoms with E-state index in [0.29, 0.717) is 0 Å². The van der Waals surface area contributed by atoms with Crippen molar-refractivity contribution in [3.63, 3.8) is 0 Å². The molecule has 0 saturated carbocycles. The van der Waals surface area contributed by atoms with Gasteiger partial charge in [-0.25, -0.2) is 0 Å². The average Bonchev–Trinajstić information content (AvgIpc) is 1.86. The van der Waals surface area contributed by atoms with Crippen LogP contribution in [0, 0.1) is 12.3 Å². The number of hydrogen-bond donors (Lipinski definition) is 0. The summed E-state index contributed by atoms with van der Waals surface area (Å²) in [6.07, 6.45) is 6.15. The Balaban J connectivity index is 2.58. The second-order valence-electron chi connectivity index (χ2n) is 2.15. The molecule has 10 heavy (non-hydrogen) atoms. The van der Waals surface area contributed by atoms with Crippen molar-refractivity contribution in [1.82, 2.24) is 0 Å². The molecular formula is C6H9OPS2. The third-order valence-corrected chi connectivity index (χ3v) is 6.16. The van der Waals surface area contributed by atoms with Gasteiger partial charge in [0, 0.05) is 5.75 Å². The van der Waals surface area contributed by atoms with Crippen molar-refractivity contribution < 1.29 is 4.52 Å². The molecule has 1 heterocycles. The lowest BCUT2D eigenvalue weighted by molar-refractivity contribution is 0.287. The lowest BCUT2D eigenvalue weighted by Gasteiger charge is -2.26. The fraction of sp³-hybridized carbons (Fsp3) is 0.667. The zero-order chi connectivity index (χ0) is 7.61. The monoisotopic (exact) mass is 192 g/mol. The average molecular weight is 192 g/mol. The number of rotatable bonds is 0. The first kappa shape index (κ1) is 8.62. The van der Waals surface area contributed by atoms with E-state index in [2.05, 4.69) is 5.92 Å². The molecule has 1 aliphatic heterocycles. The highest BCUT2D eigenvalue weighted by molar-refractivity contribution is 8.69. The van der Waals surface area contributed by atoms with E-state index in [4.69, 9.17) is 22.8 Å². The highest BCUT2D eigenvalue weighted by Gasteiger charge is 2.22. The first-order valence-corrected chi connectivity index (χ1v) is 7.76. The molecule has 1 nitrogen and oxygen atoms in total. The SMILES string of the molecule is C#CC1CCSP(C)(=S)O1. The minimum absolute atomic E-state index is 0.0166. The maximum Gasteiger partial charge on any atom is 0.124 e. The molecule has 2 unspecified atom stereocenters. The Kier molecular flexibility index (Phi) is 2.82. The van der Waals surface area contributed by atoms with Crippen molar-refractivity contribution in [2.75, 3.05) is 12.4 Å².